The van der Waals surface area contributed by atoms with Gasteiger partial charge in [-0.25, -0.2) is 0 Å². The molecule has 32 heavy (non-hydrogen) atoms. The lowest BCUT2D eigenvalue weighted by Gasteiger charge is -2.38. The quantitative estimate of drug-likeness (QED) is 0.687. The Morgan fingerprint density at radius 2 is 1.72 bits per heavy atom. The molecule has 172 valence electrons. The monoisotopic (exact) mass is 440 g/mol. The van der Waals surface area contributed by atoms with Crippen LogP contribution in [0.15, 0.2) is 28.8 Å². The molecule has 0 spiro atoms. The van der Waals surface area contributed by atoms with Crippen LogP contribution in [-0.2, 0) is 11.4 Å². The Bertz CT molecular complexity index is 939. The molecule has 0 saturated carbocycles. The van der Waals surface area contributed by atoms with Crippen LogP contribution in [0.2, 0.25) is 0 Å². The summed E-state index contributed by atoms with van der Waals surface area (Å²) in [6.45, 7) is 10.3. The molecule has 4 rings (SSSR count). The van der Waals surface area contributed by atoms with Gasteiger partial charge in [-0.1, -0.05) is 17.3 Å². The molecule has 3 heterocycles. The van der Waals surface area contributed by atoms with Crippen LogP contribution in [0, 0.1) is 13.8 Å². The molecule has 0 aliphatic carbocycles. The Balaban J connectivity index is 1.36. The Morgan fingerprint density at radius 3 is 2.38 bits per heavy atom. The minimum atomic E-state index is -0.143. The van der Waals surface area contributed by atoms with Crippen LogP contribution in [-0.4, -0.2) is 77.0 Å². The highest BCUT2D eigenvalue weighted by atomic mass is 16.5. The molecule has 0 unspecified atom stereocenters. The van der Waals surface area contributed by atoms with Crippen LogP contribution < -0.4 is 4.74 Å². The van der Waals surface area contributed by atoms with E-state index in [4.69, 9.17) is 9.26 Å². The zero-order valence-electron chi connectivity index (χ0n) is 19.2. The molecule has 1 atom stereocenters. The number of likely N-dealkylation sites (tertiary alicyclic amines) is 1. The molecule has 2 fully saturated rings. The van der Waals surface area contributed by atoms with Crippen molar-refractivity contribution in [2.75, 3.05) is 39.3 Å². The van der Waals surface area contributed by atoms with Gasteiger partial charge in [0.05, 0.1) is 22.9 Å². The average Bonchev–Trinajstić information content (AvgIpc) is 3.47. The average molecular weight is 441 g/mol. The molecule has 0 N–H and O–H groups in total. The number of aryl methyl sites for hydroxylation is 2. The van der Waals surface area contributed by atoms with Gasteiger partial charge in [0.15, 0.2) is 0 Å². The highest BCUT2D eigenvalue weighted by Gasteiger charge is 2.31. The van der Waals surface area contributed by atoms with Crippen molar-refractivity contribution in [2.24, 2.45) is 0 Å². The predicted octanol–water partition coefficient (Wildman–Crippen LogP) is 2.64. The Hall–Kier alpha value is -2.87. The fourth-order valence-electron chi connectivity index (χ4n) is 4.47. The van der Waals surface area contributed by atoms with Gasteiger partial charge in [0.25, 0.3) is 5.91 Å². The molecular weight excluding hydrogens is 408 g/mol. The van der Waals surface area contributed by atoms with Crippen molar-refractivity contribution in [3.63, 3.8) is 0 Å². The third kappa shape index (κ3) is 4.65. The molecule has 0 radical (unpaired) electrons. The van der Waals surface area contributed by atoms with Gasteiger partial charge in [0, 0.05) is 39.3 Å². The zero-order chi connectivity index (χ0) is 22.7. The second kappa shape index (κ2) is 9.73. The summed E-state index contributed by atoms with van der Waals surface area (Å²) in [4.78, 5) is 32.0. The van der Waals surface area contributed by atoms with Crippen LogP contribution in [0.5, 0.6) is 5.75 Å². The first-order valence-corrected chi connectivity index (χ1v) is 11.4. The van der Waals surface area contributed by atoms with E-state index in [0.717, 1.165) is 42.9 Å². The second-order valence-electron chi connectivity index (χ2n) is 8.62. The Labute approximate surface area is 189 Å². The maximum atomic E-state index is 13.3. The van der Waals surface area contributed by atoms with Crippen LogP contribution in [0.1, 0.15) is 47.1 Å². The lowest BCUT2D eigenvalue weighted by molar-refractivity contribution is -0.135. The number of para-hydroxylation sites is 1. The van der Waals surface area contributed by atoms with Crippen molar-refractivity contribution in [1.82, 2.24) is 19.9 Å². The summed E-state index contributed by atoms with van der Waals surface area (Å²) in [5.41, 5.74) is 2.24. The van der Waals surface area contributed by atoms with E-state index < -0.39 is 0 Å². The molecule has 2 aromatic rings. The number of amides is 2. The fraction of sp³-hybridized carbons (Fsp3) is 0.542. The van der Waals surface area contributed by atoms with Crippen LogP contribution >= 0.6 is 0 Å². The van der Waals surface area contributed by atoms with Crippen molar-refractivity contribution in [2.45, 2.75) is 46.3 Å². The third-order valence-corrected chi connectivity index (χ3v) is 6.60. The number of benzene rings is 1. The largest absolute Gasteiger partial charge is 0.488 e. The van der Waals surface area contributed by atoms with Crippen LogP contribution in [0.25, 0.3) is 0 Å². The Kier molecular flexibility index (Phi) is 6.79. The van der Waals surface area contributed by atoms with E-state index in [0.29, 0.717) is 44.1 Å². The number of hydrogen-bond acceptors (Lipinski definition) is 6. The molecule has 1 aromatic carbocycles. The van der Waals surface area contributed by atoms with Gasteiger partial charge in [-0.2, -0.15) is 0 Å². The molecule has 8 nitrogen and oxygen atoms in total. The summed E-state index contributed by atoms with van der Waals surface area (Å²) in [7, 11) is 0. The van der Waals surface area contributed by atoms with Crippen molar-refractivity contribution in [3.8, 4) is 5.75 Å². The standard InChI is InChI=1S/C24H32N4O4/c1-17-21(19(3)32-25-17)16-31-22-9-5-4-8-20(22)24(30)28-14-12-26(13-15-28)18(2)23(29)27-10-6-7-11-27/h4-5,8-9,18H,6-7,10-16H2,1-3H3/t18-/m0/s1. The molecule has 2 amide bonds. The number of nitrogens with zero attached hydrogens (tertiary/aromatic N) is 4. The van der Waals surface area contributed by atoms with E-state index in [1.807, 2.05) is 48.8 Å². The lowest BCUT2D eigenvalue weighted by Crippen LogP contribution is -2.55. The molecule has 2 aliphatic heterocycles. The normalized spacial score (nSPS) is 18.1. The molecule has 2 saturated heterocycles. The first kappa shape index (κ1) is 22.3. The van der Waals surface area contributed by atoms with Gasteiger partial charge in [-0.15, -0.1) is 0 Å². The van der Waals surface area contributed by atoms with E-state index >= 15 is 0 Å². The predicted molar refractivity (Wildman–Crippen MR) is 120 cm³/mol. The number of piperazine rings is 1. The summed E-state index contributed by atoms with van der Waals surface area (Å²) in [5.74, 6) is 1.44. The van der Waals surface area contributed by atoms with Gasteiger partial charge < -0.3 is 19.1 Å². The first-order chi connectivity index (χ1) is 15.5. The highest BCUT2D eigenvalue weighted by molar-refractivity contribution is 5.97. The van der Waals surface area contributed by atoms with E-state index in [1.54, 1.807) is 6.07 Å². The number of rotatable bonds is 6. The van der Waals surface area contributed by atoms with Crippen LogP contribution in [0.4, 0.5) is 0 Å². The van der Waals surface area contributed by atoms with Crippen molar-refractivity contribution in [3.05, 3.63) is 46.8 Å². The smallest absolute Gasteiger partial charge is 0.257 e. The first-order valence-electron chi connectivity index (χ1n) is 11.4. The molecular formula is C24H32N4O4. The summed E-state index contributed by atoms with van der Waals surface area (Å²) in [6.07, 6.45) is 2.19. The fourth-order valence-corrected chi connectivity index (χ4v) is 4.47. The second-order valence-corrected chi connectivity index (χ2v) is 8.62. The van der Waals surface area contributed by atoms with Gasteiger partial charge in [-0.05, 0) is 45.7 Å². The van der Waals surface area contributed by atoms with Crippen LogP contribution in [0.3, 0.4) is 0 Å². The van der Waals surface area contributed by atoms with Gasteiger partial charge in [0.1, 0.15) is 18.1 Å². The lowest BCUT2D eigenvalue weighted by atomic mass is 10.1. The summed E-state index contributed by atoms with van der Waals surface area (Å²) < 4.78 is 11.2. The minimum absolute atomic E-state index is 0.0439. The number of aromatic nitrogens is 1. The topological polar surface area (TPSA) is 79.1 Å². The van der Waals surface area contributed by atoms with E-state index in [9.17, 15) is 9.59 Å². The number of ether oxygens (including phenoxy) is 1. The van der Waals surface area contributed by atoms with E-state index in [2.05, 4.69) is 10.1 Å². The summed E-state index contributed by atoms with van der Waals surface area (Å²) in [5, 5.41) is 3.96. The van der Waals surface area contributed by atoms with Crippen molar-refractivity contribution >= 4 is 11.8 Å². The number of carbonyl (C=O) groups is 2. The molecule has 0 bridgehead atoms. The van der Waals surface area contributed by atoms with Gasteiger partial charge in [-0.3, -0.25) is 14.5 Å². The SMILES string of the molecule is Cc1noc(C)c1COc1ccccc1C(=O)N1CCN([C@@H](C)C(=O)N2CCCC2)CC1. The van der Waals surface area contributed by atoms with Gasteiger partial charge in [0.2, 0.25) is 5.91 Å². The molecule has 1 aromatic heterocycles. The third-order valence-electron chi connectivity index (χ3n) is 6.60. The zero-order valence-corrected chi connectivity index (χ0v) is 19.2. The van der Waals surface area contributed by atoms with Gasteiger partial charge >= 0.3 is 0 Å². The summed E-state index contributed by atoms with van der Waals surface area (Å²) in [6, 6.07) is 7.19. The van der Waals surface area contributed by atoms with Crippen molar-refractivity contribution in [1.29, 1.82) is 0 Å². The number of carbonyl (C=O) groups excluding carboxylic acids is 2. The minimum Gasteiger partial charge on any atom is -0.488 e. The van der Waals surface area contributed by atoms with Crippen molar-refractivity contribution < 1.29 is 18.8 Å². The summed E-state index contributed by atoms with van der Waals surface area (Å²) >= 11 is 0. The highest BCUT2D eigenvalue weighted by Crippen LogP contribution is 2.24. The molecule has 8 heteroatoms. The van der Waals surface area contributed by atoms with E-state index in [-0.39, 0.29) is 17.9 Å². The maximum Gasteiger partial charge on any atom is 0.257 e. The van der Waals surface area contributed by atoms with E-state index in [1.165, 1.54) is 0 Å². The number of hydrogen-bond donors (Lipinski definition) is 0. The molecule has 2 aliphatic rings. The maximum absolute atomic E-state index is 13.3. The Morgan fingerprint density at radius 1 is 1.03 bits per heavy atom.